The summed E-state index contributed by atoms with van der Waals surface area (Å²) in [7, 11) is 0. The van der Waals surface area contributed by atoms with Crippen LogP contribution in [-0.2, 0) is 12.8 Å². The summed E-state index contributed by atoms with van der Waals surface area (Å²) in [5.41, 5.74) is 3.49. The van der Waals surface area contributed by atoms with E-state index in [2.05, 4.69) is 15.4 Å². The highest BCUT2D eigenvalue weighted by Gasteiger charge is 2.32. The quantitative estimate of drug-likeness (QED) is 0.584. The number of hydrogen-bond acceptors (Lipinski definition) is 4. The van der Waals surface area contributed by atoms with Crippen LogP contribution in [0.2, 0.25) is 0 Å². The molecular formula is C25H28N4O3. The van der Waals surface area contributed by atoms with Gasteiger partial charge in [-0.25, -0.2) is 4.68 Å². The first kappa shape index (κ1) is 21.7. The molecule has 32 heavy (non-hydrogen) atoms. The van der Waals surface area contributed by atoms with E-state index < -0.39 is 11.5 Å². The number of Topliss-reactive ketones (excluding diaryl/α,β-unsaturated/α-hetero) is 1. The molecule has 2 N–H and O–H groups in total. The van der Waals surface area contributed by atoms with Crippen molar-refractivity contribution in [1.82, 2.24) is 20.1 Å². The number of hydrogen-bond donors (Lipinski definition) is 2. The van der Waals surface area contributed by atoms with Crippen molar-refractivity contribution in [3.8, 4) is 5.69 Å². The van der Waals surface area contributed by atoms with Gasteiger partial charge < -0.3 is 10.3 Å². The van der Waals surface area contributed by atoms with Crippen LogP contribution < -0.4 is 10.9 Å². The van der Waals surface area contributed by atoms with E-state index in [9.17, 15) is 14.4 Å². The zero-order valence-corrected chi connectivity index (χ0v) is 18.7. The predicted molar refractivity (Wildman–Crippen MR) is 122 cm³/mol. The number of ketones is 1. The summed E-state index contributed by atoms with van der Waals surface area (Å²) >= 11 is 0. The lowest BCUT2D eigenvalue weighted by atomic mass is 9.75. The molecule has 0 bridgehead atoms. The summed E-state index contributed by atoms with van der Waals surface area (Å²) < 4.78 is 1.86. The number of H-pyrrole nitrogens is 1. The smallest absolute Gasteiger partial charge is 0.261 e. The van der Waals surface area contributed by atoms with Gasteiger partial charge >= 0.3 is 0 Å². The third kappa shape index (κ3) is 4.56. The number of carbonyl (C=O) groups excluding carboxylic acids is 2. The van der Waals surface area contributed by atoms with E-state index in [1.807, 2.05) is 62.0 Å². The topological polar surface area (TPSA) is 96.8 Å². The Hall–Kier alpha value is -3.48. The molecule has 7 heteroatoms. The molecule has 1 aliphatic rings. The second kappa shape index (κ2) is 8.57. The third-order valence-corrected chi connectivity index (χ3v) is 5.89. The van der Waals surface area contributed by atoms with Gasteiger partial charge in [-0.05, 0) is 55.4 Å². The molecule has 0 fully saturated rings. The summed E-state index contributed by atoms with van der Waals surface area (Å²) in [6.07, 6.45) is 4.49. The predicted octanol–water partition coefficient (Wildman–Crippen LogP) is 3.39. The molecule has 2 aromatic heterocycles. The van der Waals surface area contributed by atoms with Crippen LogP contribution >= 0.6 is 0 Å². The number of para-hydroxylation sites is 1. The summed E-state index contributed by atoms with van der Waals surface area (Å²) in [4.78, 5) is 40.3. The number of fused-ring (bicyclic) bond motifs is 1. The van der Waals surface area contributed by atoms with Gasteiger partial charge in [0.2, 0.25) is 0 Å². The van der Waals surface area contributed by atoms with Crippen molar-refractivity contribution in [2.45, 2.75) is 46.5 Å². The van der Waals surface area contributed by atoms with Crippen LogP contribution in [0.4, 0.5) is 0 Å². The number of carbonyl (C=O) groups is 2. The number of aryl methyl sites for hydroxylation is 2. The zero-order chi connectivity index (χ0) is 22.9. The van der Waals surface area contributed by atoms with Crippen molar-refractivity contribution in [2.75, 3.05) is 6.54 Å². The highest BCUT2D eigenvalue weighted by molar-refractivity contribution is 6.02. The molecule has 0 aliphatic heterocycles. The van der Waals surface area contributed by atoms with Gasteiger partial charge in [-0.3, -0.25) is 14.4 Å². The first-order valence-corrected chi connectivity index (χ1v) is 10.9. The number of aromatic nitrogens is 3. The molecule has 3 aromatic rings. The highest BCUT2D eigenvalue weighted by atomic mass is 16.2. The lowest BCUT2D eigenvalue weighted by Crippen LogP contribution is -2.35. The molecule has 0 unspecified atom stereocenters. The van der Waals surface area contributed by atoms with E-state index in [0.29, 0.717) is 37.1 Å². The molecule has 2 heterocycles. The van der Waals surface area contributed by atoms with Crippen molar-refractivity contribution < 1.29 is 9.59 Å². The van der Waals surface area contributed by atoms with Crippen molar-refractivity contribution in [1.29, 1.82) is 0 Å². The average Bonchev–Trinajstić information content (AvgIpc) is 3.11. The molecular weight excluding hydrogens is 404 g/mol. The molecule has 0 saturated carbocycles. The lowest BCUT2D eigenvalue weighted by Gasteiger charge is -2.29. The van der Waals surface area contributed by atoms with Crippen LogP contribution in [0.25, 0.3) is 5.69 Å². The number of pyridine rings is 1. The average molecular weight is 433 g/mol. The molecule has 1 amide bonds. The van der Waals surface area contributed by atoms with Gasteiger partial charge in [0, 0.05) is 30.4 Å². The van der Waals surface area contributed by atoms with Crippen LogP contribution in [-0.4, -0.2) is 33.0 Å². The summed E-state index contributed by atoms with van der Waals surface area (Å²) in [5.74, 6) is -0.490. The first-order chi connectivity index (χ1) is 15.2. The third-order valence-electron chi connectivity index (χ3n) is 5.89. The van der Waals surface area contributed by atoms with E-state index in [1.165, 1.54) is 6.07 Å². The van der Waals surface area contributed by atoms with Crippen LogP contribution in [0.15, 0.2) is 47.4 Å². The molecule has 7 nitrogen and oxygen atoms in total. The second-order valence-corrected chi connectivity index (χ2v) is 9.22. The van der Waals surface area contributed by atoms with Crippen molar-refractivity contribution in [3.63, 3.8) is 0 Å². The second-order valence-electron chi connectivity index (χ2n) is 9.22. The Morgan fingerprint density at radius 2 is 1.94 bits per heavy atom. The SMILES string of the molecule is Cc1nn(-c2ccccc2)cc1CCCNC(=O)c1cc2c([nH]c1=O)CC(C)(C)CC2=O. The van der Waals surface area contributed by atoms with Gasteiger partial charge in [-0.1, -0.05) is 32.0 Å². The maximum atomic E-state index is 12.6. The van der Waals surface area contributed by atoms with Gasteiger partial charge in [0.1, 0.15) is 5.56 Å². The van der Waals surface area contributed by atoms with Gasteiger partial charge in [0.15, 0.2) is 5.78 Å². The maximum absolute atomic E-state index is 12.6. The normalized spacial score (nSPS) is 14.8. The van der Waals surface area contributed by atoms with E-state index in [0.717, 1.165) is 23.4 Å². The van der Waals surface area contributed by atoms with Gasteiger partial charge in [0.05, 0.1) is 11.4 Å². The van der Waals surface area contributed by atoms with E-state index >= 15 is 0 Å². The summed E-state index contributed by atoms with van der Waals surface area (Å²) in [6.45, 7) is 6.39. The van der Waals surface area contributed by atoms with Gasteiger partial charge in [0.25, 0.3) is 11.5 Å². The Labute approximate surface area is 186 Å². The maximum Gasteiger partial charge on any atom is 0.261 e. The molecule has 0 spiro atoms. The number of rotatable bonds is 6. The Morgan fingerprint density at radius 1 is 1.19 bits per heavy atom. The van der Waals surface area contributed by atoms with Crippen LogP contribution in [0.3, 0.4) is 0 Å². The van der Waals surface area contributed by atoms with Gasteiger partial charge in [-0.2, -0.15) is 5.10 Å². The van der Waals surface area contributed by atoms with Crippen molar-refractivity contribution in [3.05, 3.63) is 81.0 Å². The minimum absolute atomic E-state index is 0.00937. The van der Waals surface area contributed by atoms with E-state index in [4.69, 9.17) is 0 Å². The van der Waals surface area contributed by atoms with Crippen LogP contribution in [0, 0.1) is 12.3 Å². The lowest BCUT2D eigenvalue weighted by molar-refractivity contribution is 0.0910. The number of aromatic amines is 1. The number of benzene rings is 1. The minimum Gasteiger partial charge on any atom is -0.352 e. The fourth-order valence-electron chi connectivity index (χ4n) is 4.23. The van der Waals surface area contributed by atoms with E-state index in [1.54, 1.807) is 0 Å². The fraction of sp³-hybridized carbons (Fsp3) is 0.360. The fourth-order valence-corrected chi connectivity index (χ4v) is 4.23. The zero-order valence-electron chi connectivity index (χ0n) is 18.7. The van der Waals surface area contributed by atoms with Crippen LogP contribution in [0.1, 0.15) is 64.4 Å². The summed E-state index contributed by atoms with van der Waals surface area (Å²) in [5, 5.41) is 7.37. The number of nitrogens with zero attached hydrogens (tertiary/aromatic N) is 2. The first-order valence-electron chi connectivity index (χ1n) is 10.9. The molecule has 0 saturated heterocycles. The van der Waals surface area contributed by atoms with Gasteiger partial charge in [-0.15, -0.1) is 0 Å². The number of amides is 1. The molecule has 0 radical (unpaired) electrons. The van der Waals surface area contributed by atoms with E-state index in [-0.39, 0.29) is 16.8 Å². The monoisotopic (exact) mass is 432 g/mol. The minimum atomic E-state index is -0.455. The molecule has 0 atom stereocenters. The van der Waals surface area contributed by atoms with Crippen molar-refractivity contribution >= 4 is 11.7 Å². The Kier molecular flexibility index (Phi) is 5.82. The molecule has 1 aromatic carbocycles. The highest BCUT2D eigenvalue weighted by Crippen LogP contribution is 2.33. The molecule has 4 rings (SSSR count). The Balaban J connectivity index is 1.37. The number of nitrogens with one attached hydrogen (secondary N) is 2. The Bertz CT molecular complexity index is 1220. The standard InChI is InChI=1S/C25H28N4O3/c1-16-17(15-29(28-16)18-9-5-4-6-10-18)8-7-11-26-23(31)20-12-19-21(27-24(20)32)13-25(2,3)14-22(19)30/h4-6,9-10,12,15H,7-8,11,13-14H2,1-3H3,(H,26,31)(H,27,32). The van der Waals surface area contributed by atoms with Crippen molar-refractivity contribution in [2.24, 2.45) is 5.41 Å². The largest absolute Gasteiger partial charge is 0.352 e. The Morgan fingerprint density at radius 3 is 2.69 bits per heavy atom. The summed E-state index contributed by atoms with van der Waals surface area (Å²) in [6, 6.07) is 11.4. The van der Waals surface area contributed by atoms with Crippen LogP contribution in [0.5, 0.6) is 0 Å². The molecule has 166 valence electrons. The molecule has 1 aliphatic carbocycles.